The number of pyridine rings is 1. The summed E-state index contributed by atoms with van der Waals surface area (Å²) in [5, 5.41) is 0. The normalized spacial score (nSPS) is 23.0. The van der Waals surface area contributed by atoms with E-state index in [1.807, 2.05) is 6.20 Å². The SMILES string of the molecule is CN1CCO[C@H](CN(Cc2cccc3nccn23)CC2CC2)C1. The quantitative estimate of drug-likeness (QED) is 0.815. The molecule has 0 aromatic carbocycles. The molecule has 5 nitrogen and oxygen atoms in total. The van der Waals surface area contributed by atoms with E-state index >= 15 is 0 Å². The second-order valence-corrected chi connectivity index (χ2v) is 7.07. The molecule has 2 fully saturated rings. The molecule has 0 spiro atoms. The molecule has 0 unspecified atom stereocenters. The topological polar surface area (TPSA) is 33.0 Å². The van der Waals surface area contributed by atoms with Crippen molar-refractivity contribution in [2.75, 3.05) is 39.8 Å². The van der Waals surface area contributed by atoms with Crippen molar-refractivity contribution < 1.29 is 4.74 Å². The van der Waals surface area contributed by atoms with Crippen molar-refractivity contribution in [2.24, 2.45) is 5.92 Å². The maximum Gasteiger partial charge on any atom is 0.136 e. The van der Waals surface area contributed by atoms with Gasteiger partial charge in [-0.05, 0) is 37.9 Å². The first-order valence-corrected chi connectivity index (χ1v) is 8.71. The van der Waals surface area contributed by atoms with Crippen molar-refractivity contribution in [3.8, 4) is 0 Å². The van der Waals surface area contributed by atoms with Crippen LogP contribution in [-0.4, -0.2) is 65.1 Å². The summed E-state index contributed by atoms with van der Waals surface area (Å²) in [7, 11) is 2.19. The van der Waals surface area contributed by atoms with Gasteiger partial charge in [-0.25, -0.2) is 4.98 Å². The van der Waals surface area contributed by atoms with Crippen LogP contribution in [-0.2, 0) is 11.3 Å². The Hall–Kier alpha value is -1.43. The molecule has 1 saturated carbocycles. The minimum absolute atomic E-state index is 0.328. The van der Waals surface area contributed by atoms with Crippen LogP contribution < -0.4 is 0 Å². The number of imidazole rings is 1. The summed E-state index contributed by atoms with van der Waals surface area (Å²) in [5.74, 6) is 0.887. The summed E-state index contributed by atoms with van der Waals surface area (Å²) in [6.07, 6.45) is 7.04. The van der Waals surface area contributed by atoms with E-state index in [4.69, 9.17) is 4.74 Å². The fourth-order valence-electron chi connectivity index (χ4n) is 3.50. The van der Waals surface area contributed by atoms with Crippen LogP contribution in [0.25, 0.3) is 5.65 Å². The monoisotopic (exact) mass is 314 g/mol. The lowest BCUT2D eigenvalue weighted by Gasteiger charge is -2.34. The lowest BCUT2D eigenvalue weighted by Crippen LogP contribution is -2.46. The molecule has 1 saturated heterocycles. The molecule has 0 amide bonds. The number of fused-ring (bicyclic) bond motifs is 1. The Kier molecular flexibility index (Phi) is 4.33. The zero-order chi connectivity index (χ0) is 15.6. The number of hydrogen-bond donors (Lipinski definition) is 0. The van der Waals surface area contributed by atoms with Crippen LogP contribution in [0.2, 0.25) is 0 Å². The maximum atomic E-state index is 5.99. The highest BCUT2D eigenvalue weighted by atomic mass is 16.5. The molecule has 2 aromatic heterocycles. The van der Waals surface area contributed by atoms with Gasteiger partial charge in [0.1, 0.15) is 5.65 Å². The summed E-state index contributed by atoms with van der Waals surface area (Å²) in [5.41, 5.74) is 2.34. The Bertz CT molecular complexity index is 651. The van der Waals surface area contributed by atoms with Gasteiger partial charge in [0.25, 0.3) is 0 Å². The van der Waals surface area contributed by atoms with Crippen molar-refractivity contribution in [3.63, 3.8) is 0 Å². The second-order valence-electron chi connectivity index (χ2n) is 7.07. The van der Waals surface area contributed by atoms with Gasteiger partial charge in [-0.15, -0.1) is 0 Å². The van der Waals surface area contributed by atoms with E-state index in [0.29, 0.717) is 6.10 Å². The van der Waals surface area contributed by atoms with Gasteiger partial charge in [-0.2, -0.15) is 0 Å². The predicted octanol–water partition coefficient (Wildman–Crippen LogP) is 1.88. The predicted molar refractivity (Wildman–Crippen MR) is 90.4 cm³/mol. The molecule has 2 aliphatic rings. The number of nitrogens with zero attached hydrogens (tertiary/aromatic N) is 4. The highest BCUT2D eigenvalue weighted by Gasteiger charge is 2.27. The van der Waals surface area contributed by atoms with Crippen LogP contribution in [0.15, 0.2) is 30.6 Å². The number of likely N-dealkylation sites (N-methyl/N-ethyl adjacent to an activating group) is 1. The summed E-state index contributed by atoms with van der Waals surface area (Å²) < 4.78 is 8.19. The van der Waals surface area contributed by atoms with Gasteiger partial charge in [0.15, 0.2) is 0 Å². The van der Waals surface area contributed by atoms with E-state index in [9.17, 15) is 0 Å². The van der Waals surface area contributed by atoms with E-state index in [1.54, 1.807) is 0 Å². The van der Waals surface area contributed by atoms with Crippen LogP contribution in [0.5, 0.6) is 0 Å². The summed E-state index contributed by atoms with van der Waals surface area (Å²) in [6, 6.07) is 6.38. The molecule has 5 heteroatoms. The first-order chi connectivity index (χ1) is 11.3. The standard InChI is InChI=1S/C18H26N4O/c1-20-9-10-23-17(13-20)14-21(11-15-5-6-15)12-16-3-2-4-18-19-7-8-22(16)18/h2-4,7-8,15,17H,5-6,9-14H2,1H3/t17-/m0/s1. The minimum Gasteiger partial charge on any atom is -0.374 e. The Balaban J connectivity index is 1.47. The first-order valence-electron chi connectivity index (χ1n) is 8.71. The number of morpholine rings is 1. The molecule has 2 aromatic rings. The van der Waals surface area contributed by atoms with Crippen LogP contribution in [0.4, 0.5) is 0 Å². The number of rotatable bonds is 6. The Morgan fingerprint density at radius 3 is 3.04 bits per heavy atom. The van der Waals surface area contributed by atoms with Gasteiger partial charge in [-0.1, -0.05) is 6.07 Å². The van der Waals surface area contributed by atoms with Crippen molar-refractivity contribution in [1.82, 2.24) is 19.2 Å². The summed E-state index contributed by atoms with van der Waals surface area (Å²) >= 11 is 0. The van der Waals surface area contributed by atoms with E-state index in [2.05, 4.69) is 50.6 Å². The Morgan fingerprint density at radius 2 is 2.22 bits per heavy atom. The van der Waals surface area contributed by atoms with Gasteiger partial charge < -0.3 is 14.0 Å². The Labute approximate surface area is 137 Å². The third kappa shape index (κ3) is 3.74. The number of aromatic nitrogens is 2. The zero-order valence-electron chi connectivity index (χ0n) is 13.9. The minimum atomic E-state index is 0.328. The average molecular weight is 314 g/mol. The largest absolute Gasteiger partial charge is 0.374 e. The number of hydrogen-bond acceptors (Lipinski definition) is 4. The highest BCUT2D eigenvalue weighted by Crippen LogP contribution is 2.30. The maximum absolute atomic E-state index is 5.99. The number of ether oxygens (including phenoxy) is 1. The van der Waals surface area contributed by atoms with Crippen molar-refractivity contribution in [3.05, 3.63) is 36.3 Å². The van der Waals surface area contributed by atoms with E-state index in [1.165, 1.54) is 25.1 Å². The van der Waals surface area contributed by atoms with Crippen molar-refractivity contribution >= 4 is 5.65 Å². The molecule has 124 valence electrons. The third-order valence-electron chi connectivity index (χ3n) is 4.92. The molecular formula is C18H26N4O. The van der Waals surface area contributed by atoms with E-state index < -0.39 is 0 Å². The van der Waals surface area contributed by atoms with Gasteiger partial charge in [0.2, 0.25) is 0 Å². The van der Waals surface area contributed by atoms with E-state index in [-0.39, 0.29) is 0 Å². The molecule has 4 rings (SSSR count). The fourth-order valence-corrected chi connectivity index (χ4v) is 3.50. The van der Waals surface area contributed by atoms with Crippen molar-refractivity contribution in [2.45, 2.75) is 25.5 Å². The third-order valence-corrected chi connectivity index (χ3v) is 4.92. The molecular weight excluding hydrogens is 288 g/mol. The van der Waals surface area contributed by atoms with Gasteiger partial charge in [0.05, 0.1) is 12.7 Å². The molecule has 3 heterocycles. The van der Waals surface area contributed by atoms with Gasteiger partial charge >= 0.3 is 0 Å². The molecule has 1 atom stereocenters. The molecule has 1 aliphatic heterocycles. The molecule has 23 heavy (non-hydrogen) atoms. The molecule has 1 aliphatic carbocycles. The highest BCUT2D eigenvalue weighted by molar-refractivity contribution is 5.39. The summed E-state index contributed by atoms with van der Waals surface area (Å²) in [6.45, 7) is 6.12. The Morgan fingerprint density at radius 1 is 1.30 bits per heavy atom. The lowest BCUT2D eigenvalue weighted by atomic mass is 10.2. The smallest absolute Gasteiger partial charge is 0.136 e. The van der Waals surface area contributed by atoms with Crippen LogP contribution in [0.1, 0.15) is 18.5 Å². The molecule has 0 N–H and O–H groups in total. The van der Waals surface area contributed by atoms with Crippen molar-refractivity contribution in [1.29, 1.82) is 0 Å². The van der Waals surface area contributed by atoms with Gasteiger partial charge in [-0.3, -0.25) is 4.90 Å². The van der Waals surface area contributed by atoms with Gasteiger partial charge in [0, 0.05) is 50.8 Å². The average Bonchev–Trinajstić information content (AvgIpc) is 3.21. The van der Waals surface area contributed by atoms with Crippen LogP contribution in [0, 0.1) is 5.92 Å². The first kappa shape index (κ1) is 15.1. The summed E-state index contributed by atoms with van der Waals surface area (Å²) in [4.78, 5) is 9.35. The van der Waals surface area contributed by atoms with E-state index in [0.717, 1.165) is 44.4 Å². The molecule has 0 bridgehead atoms. The van der Waals surface area contributed by atoms with Crippen LogP contribution in [0.3, 0.4) is 0 Å². The second kappa shape index (κ2) is 6.59. The lowest BCUT2D eigenvalue weighted by molar-refractivity contribution is -0.0374. The zero-order valence-corrected chi connectivity index (χ0v) is 13.9. The fraction of sp³-hybridized carbons (Fsp3) is 0.611. The molecule has 0 radical (unpaired) electrons. The van der Waals surface area contributed by atoms with Crippen LogP contribution >= 0.6 is 0 Å².